The van der Waals surface area contributed by atoms with Crippen molar-refractivity contribution < 1.29 is 14.3 Å². The molecule has 7 nitrogen and oxygen atoms in total. The number of carbonyl (C=O) groups excluding carboxylic acids is 2. The molecule has 1 N–H and O–H groups in total. The van der Waals surface area contributed by atoms with Crippen LogP contribution in [0.1, 0.15) is 34.1 Å². The number of amides is 1. The lowest BCUT2D eigenvalue weighted by Crippen LogP contribution is -2.42. The second-order valence-electron chi connectivity index (χ2n) is 5.24. The van der Waals surface area contributed by atoms with Gasteiger partial charge in [-0.2, -0.15) is 0 Å². The van der Waals surface area contributed by atoms with Crippen LogP contribution in [-0.2, 0) is 20.9 Å². The minimum absolute atomic E-state index is 0.228. The van der Waals surface area contributed by atoms with E-state index in [2.05, 4.69) is 15.6 Å². The average Bonchev–Trinajstić information content (AvgIpc) is 2.76. The Morgan fingerprint density at radius 1 is 1.42 bits per heavy atom. The third-order valence-corrected chi connectivity index (χ3v) is 2.18. The predicted molar refractivity (Wildman–Crippen MR) is 68.1 cm³/mol. The lowest BCUT2D eigenvalue weighted by Gasteiger charge is -2.22. The van der Waals surface area contributed by atoms with Gasteiger partial charge in [0, 0.05) is 12.6 Å². The first-order valence-electron chi connectivity index (χ1n) is 6.14. The molecule has 0 unspecified atom stereocenters. The third kappa shape index (κ3) is 5.98. The smallest absolute Gasteiger partial charge is 0.328 e. The first kappa shape index (κ1) is 15.1. The topological polar surface area (TPSA) is 86.1 Å². The van der Waals surface area contributed by atoms with Gasteiger partial charge in [-0.05, 0) is 27.7 Å². The van der Waals surface area contributed by atoms with Gasteiger partial charge in [0.15, 0.2) is 0 Å². The number of aryl methyl sites for hydroxylation is 1. The van der Waals surface area contributed by atoms with E-state index in [1.54, 1.807) is 44.8 Å². The standard InChI is InChI=1S/C12H20N4O3/c1-9(11(18)19-12(2,3)4)14-10(17)5-7-16-8-6-13-15-16/h6,8-9H,5,7H2,1-4H3,(H,14,17)/t9-/m1/s1. The molecule has 0 aromatic carbocycles. The number of ether oxygens (including phenoxy) is 1. The van der Waals surface area contributed by atoms with Gasteiger partial charge in [0.2, 0.25) is 5.91 Å². The van der Waals surface area contributed by atoms with Crippen molar-refractivity contribution in [3.05, 3.63) is 12.4 Å². The van der Waals surface area contributed by atoms with Crippen molar-refractivity contribution in [2.75, 3.05) is 0 Å². The molecule has 1 aromatic heterocycles. The van der Waals surface area contributed by atoms with Crippen LogP contribution in [0.25, 0.3) is 0 Å². The molecule has 0 fully saturated rings. The fraction of sp³-hybridized carbons (Fsp3) is 0.667. The molecule has 1 rings (SSSR count). The number of nitrogens with zero attached hydrogens (tertiary/aromatic N) is 3. The molecule has 0 aliphatic heterocycles. The number of hydrogen-bond acceptors (Lipinski definition) is 5. The lowest BCUT2D eigenvalue weighted by molar-refractivity contribution is -0.158. The van der Waals surface area contributed by atoms with Crippen molar-refractivity contribution in [1.82, 2.24) is 20.3 Å². The van der Waals surface area contributed by atoms with E-state index in [9.17, 15) is 9.59 Å². The van der Waals surface area contributed by atoms with E-state index in [0.717, 1.165) is 0 Å². The van der Waals surface area contributed by atoms with Crippen molar-refractivity contribution >= 4 is 11.9 Å². The molecule has 0 bridgehead atoms. The largest absolute Gasteiger partial charge is 0.458 e. The van der Waals surface area contributed by atoms with E-state index in [4.69, 9.17) is 4.74 Å². The summed E-state index contributed by atoms with van der Waals surface area (Å²) in [6.45, 7) is 7.37. The van der Waals surface area contributed by atoms with Gasteiger partial charge < -0.3 is 10.1 Å². The molecule has 0 saturated heterocycles. The van der Waals surface area contributed by atoms with Crippen LogP contribution in [0, 0.1) is 0 Å². The van der Waals surface area contributed by atoms with Gasteiger partial charge >= 0.3 is 5.97 Å². The fourth-order valence-corrected chi connectivity index (χ4v) is 1.33. The van der Waals surface area contributed by atoms with Crippen LogP contribution in [-0.4, -0.2) is 38.5 Å². The third-order valence-electron chi connectivity index (χ3n) is 2.18. The number of nitrogens with one attached hydrogen (secondary N) is 1. The SMILES string of the molecule is C[C@@H](NC(=O)CCn1ccnn1)C(=O)OC(C)(C)C. The molecule has 0 saturated carbocycles. The van der Waals surface area contributed by atoms with Gasteiger partial charge in [-0.15, -0.1) is 5.10 Å². The van der Waals surface area contributed by atoms with Gasteiger partial charge in [-0.3, -0.25) is 9.48 Å². The zero-order valence-corrected chi connectivity index (χ0v) is 11.7. The monoisotopic (exact) mass is 268 g/mol. The van der Waals surface area contributed by atoms with Crippen LogP contribution in [0.5, 0.6) is 0 Å². The minimum atomic E-state index is -0.664. The molecule has 0 aliphatic carbocycles. The molecule has 1 aromatic rings. The molecule has 7 heteroatoms. The number of aromatic nitrogens is 3. The van der Waals surface area contributed by atoms with Crippen LogP contribution in [0.3, 0.4) is 0 Å². The molecule has 0 radical (unpaired) electrons. The first-order chi connectivity index (χ1) is 8.78. The highest BCUT2D eigenvalue weighted by atomic mass is 16.6. The number of rotatable bonds is 5. The summed E-state index contributed by atoms with van der Waals surface area (Å²) in [4.78, 5) is 23.3. The maximum absolute atomic E-state index is 11.7. The molecule has 19 heavy (non-hydrogen) atoms. The van der Waals surface area contributed by atoms with Crippen LogP contribution >= 0.6 is 0 Å². The molecule has 0 spiro atoms. The van der Waals surface area contributed by atoms with Gasteiger partial charge in [-0.1, -0.05) is 5.21 Å². The van der Waals surface area contributed by atoms with Gasteiger partial charge in [0.05, 0.1) is 12.7 Å². The Balaban J connectivity index is 2.33. The van der Waals surface area contributed by atoms with Crippen LogP contribution < -0.4 is 5.32 Å². The highest BCUT2D eigenvalue weighted by Crippen LogP contribution is 2.08. The molecule has 1 atom stereocenters. The maximum Gasteiger partial charge on any atom is 0.328 e. The molecule has 1 amide bonds. The van der Waals surface area contributed by atoms with E-state index in [0.29, 0.717) is 6.54 Å². The zero-order chi connectivity index (χ0) is 14.5. The Kier molecular flexibility index (Phi) is 5.02. The van der Waals surface area contributed by atoms with E-state index in [1.807, 2.05) is 0 Å². The van der Waals surface area contributed by atoms with Gasteiger partial charge in [-0.25, -0.2) is 4.79 Å². The number of esters is 1. The summed E-state index contributed by atoms with van der Waals surface area (Å²) in [5.74, 6) is -0.671. The molecule has 1 heterocycles. The van der Waals surface area contributed by atoms with Crippen molar-refractivity contribution in [3.63, 3.8) is 0 Å². The zero-order valence-electron chi connectivity index (χ0n) is 11.7. The highest BCUT2D eigenvalue weighted by molar-refractivity contribution is 5.84. The predicted octanol–water partition coefficient (Wildman–Crippen LogP) is 0.515. The highest BCUT2D eigenvalue weighted by Gasteiger charge is 2.22. The Hall–Kier alpha value is -1.92. The molecular weight excluding hydrogens is 248 g/mol. The Morgan fingerprint density at radius 2 is 2.11 bits per heavy atom. The van der Waals surface area contributed by atoms with E-state index in [-0.39, 0.29) is 12.3 Å². The van der Waals surface area contributed by atoms with Gasteiger partial charge in [0.1, 0.15) is 11.6 Å². The number of carbonyl (C=O) groups is 2. The Labute approximate surface area is 112 Å². The maximum atomic E-state index is 11.7. The summed E-state index contributed by atoms with van der Waals surface area (Å²) >= 11 is 0. The first-order valence-corrected chi connectivity index (χ1v) is 6.14. The average molecular weight is 268 g/mol. The van der Waals surface area contributed by atoms with E-state index >= 15 is 0 Å². The number of hydrogen-bond donors (Lipinski definition) is 1. The summed E-state index contributed by atoms with van der Waals surface area (Å²) in [7, 11) is 0. The lowest BCUT2D eigenvalue weighted by atomic mass is 10.2. The summed E-state index contributed by atoms with van der Waals surface area (Å²) in [6, 6.07) is -0.664. The Bertz CT molecular complexity index is 423. The molecule has 106 valence electrons. The van der Waals surface area contributed by atoms with E-state index in [1.165, 1.54) is 0 Å². The molecular formula is C12H20N4O3. The normalized spacial score (nSPS) is 12.8. The van der Waals surface area contributed by atoms with Gasteiger partial charge in [0.25, 0.3) is 0 Å². The summed E-state index contributed by atoms with van der Waals surface area (Å²) in [6.07, 6.45) is 3.45. The van der Waals surface area contributed by atoms with Crippen molar-refractivity contribution in [1.29, 1.82) is 0 Å². The summed E-state index contributed by atoms with van der Waals surface area (Å²) in [5.41, 5.74) is -0.559. The van der Waals surface area contributed by atoms with Crippen molar-refractivity contribution in [2.24, 2.45) is 0 Å². The van der Waals surface area contributed by atoms with Crippen LogP contribution in [0.15, 0.2) is 12.4 Å². The fourth-order valence-electron chi connectivity index (χ4n) is 1.33. The van der Waals surface area contributed by atoms with E-state index < -0.39 is 17.6 Å². The second-order valence-corrected chi connectivity index (χ2v) is 5.24. The summed E-state index contributed by atoms with van der Waals surface area (Å²) in [5, 5.41) is 9.97. The van der Waals surface area contributed by atoms with Crippen molar-refractivity contribution in [2.45, 2.75) is 52.3 Å². The van der Waals surface area contributed by atoms with Crippen LogP contribution in [0.2, 0.25) is 0 Å². The molecule has 0 aliphatic rings. The van der Waals surface area contributed by atoms with Crippen LogP contribution in [0.4, 0.5) is 0 Å². The Morgan fingerprint density at radius 3 is 2.63 bits per heavy atom. The quantitative estimate of drug-likeness (QED) is 0.786. The van der Waals surface area contributed by atoms with Crippen molar-refractivity contribution in [3.8, 4) is 0 Å². The second kappa shape index (κ2) is 6.31. The minimum Gasteiger partial charge on any atom is -0.458 e. The summed E-state index contributed by atoms with van der Waals surface area (Å²) < 4.78 is 6.72.